The lowest BCUT2D eigenvalue weighted by Crippen LogP contribution is -2.44. The fraction of sp³-hybridized carbons (Fsp3) is 0.875. The normalized spacial score (nSPS) is 21.6. The van der Waals surface area contributed by atoms with E-state index in [0.29, 0.717) is 5.75 Å². The summed E-state index contributed by atoms with van der Waals surface area (Å²) in [5.41, 5.74) is 0.0693. The second kappa shape index (κ2) is 3.48. The maximum Gasteiger partial charge on any atom is 0.230 e. The highest BCUT2D eigenvalue weighted by molar-refractivity contribution is 7.81. The van der Waals surface area contributed by atoms with Gasteiger partial charge in [0, 0.05) is 5.54 Å². The van der Waals surface area contributed by atoms with Crippen LogP contribution in [0.4, 0.5) is 0 Å². The van der Waals surface area contributed by atoms with E-state index in [2.05, 4.69) is 24.9 Å². The molecule has 11 heavy (non-hydrogen) atoms. The van der Waals surface area contributed by atoms with Gasteiger partial charge in [0.25, 0.3) is 0 Å². The first kappa shape index (κ1) is 8.91. The Kier molecular flexibility index (Phi) is 2.82. The summed E-state index contributed by atoms with van der Waals surface area (Å²) < 4.78 is 0. The summed E-state index contributed by atoms with van der Waals surface area (Å²) in [6.07, 6.45) is 4.71. The molecule has 0 saturated heterocycles. The Morgan fingerprint density at radius 1 is 1.55 bits per heavy atom. The van der Waals surface area contributed by atoms with E-state index in [0.717, 1.165) is 12.8 Å². The lowest BCUT2D eigenvalue weighted by molar-refractivity contribution is -0.120. The lowest BCUT2D eigenvalue weighted by atomic mass is 10.0. The minimum atomic E-state index is 0.0535. The van der Waals surface area contributed by atoms with Crippen molar-refractivity contribution in [2.75, 3.05) is 5.75 Å². The molecule has 2 nitrogen and oxygen atoms in total. The summed E-state index contributed by atoms with van der Waals surface area (Å²) >= 11 is 3.91. The Labute approximate surface area is 73.2 Å². The first-order valence-electron chi connectivity index (χ1n) is 4.08. The number of rotatable bonds is 2. The SMILES string of the molecule is CC1(NC(=O)CS)CCCC1. The first-order chi connectivity index (χ1) is 5.16. The topological polar surface area (TPSA) is 29.1 Å². The second-order valence-corrected chi connectivity index (χ2v) is 3.79. The number of nitrogens with one attached hydrogen (secondary N) is 1. The Hall–Kier alpha value is -0.180. The van der Waals surface area contributed by atoms with Crippen LogP contribution in [0.15, 0.2) is 0 Å². The molecule has 1 aliphatic rings. The fourth-order valence-corrected chi connectivity index (χ4v) is 1.74. The van der Waals surface area contributed by atoms with Crippen LogP contribution in [0.1, 0.15) is 32.6 Å². The molecule has 0 aromatic heterocycles. The molecular formula is C8H15NOS. The van der Waals surface area contributed by atoms with Crippen LogP contribution in [0.5, 0.6) is 0 Å². The van der Waals surface area contributed by atoms with Gasteiger partial charge in [-0.1, -0.05) is 12.8 Å². The van der Waals surface area contributed by atoms with Crippen LogP contribution in [0.25, 0.3) is 0 Å². The van der Waals surface area contributed by atoms with Crippen molar-refractivity contribution in [3.63, 3.8) is 0 Å². The van der Waals surface area contributed by atoms with Gasteiger partial charge in [-0.2, -0.15) is 12.6 Å². The Balaban J connectivity index is 2.39. The van der Waals surface area contributed by atoms with Crippen LogP contribution in [0.3, 0.4) is 0 Å². The zero-order valence-corrected chi connectivity index (χ0v) is 7.79. The Morgan fingerprint density at radius 3 is 2.55 bits per heavy atom. The number of carbonyl (C=O) groups is 1. The van der Waals surface area contributed by atoms with Gasteiger partial charge >= 0.3 is 0 Å². The van der Waals surface area contributed by atoms with Crippen LogP contribution in [0.2, 0.25) is 0 Å². The minimum absolute atomic E-state index is 0.0535. The standard InChI is InChI=1S/C8H15NOS/c1-8(4-2-3-5-8)9-7(10)6-11/h11H,2-6H2,1H3,(H,9,10). The van der Waals surface area contributed by atoms with Gasteiger partial charge in [0.15, 0.2) is 0 Å². The van der Waals surface area contributed by atoms with E-state index >= 15 is 0 Å². The molecule has 0 atom stereocenters. The van der Waals surface area contributed by atoms with Crippen molar-refractivity contribution in [3.8, 4) is 0 Å². The highest BCUT2D eigenvalue weighted by Crippen LogP contribution is 2.28. The van der Waals surface area contributed by atoms with Gasteiger partial charge in [0.2, 0.25) is 5.91 Å². The molecule has 0 aromatic rings. The summed E-state index contributed by atoms with van der Waals surface area (Å²) in [5.74, 6) is 0.355. The molecule has 1 saturated carbocycles. The molecule has 1 N–H and O–H groups in total. The fourth-order valence-electron chi connectivity index (χ4n) is 1.66. The molecule has 0 spiro atoms. The van der Waals surface area contributed by atoms with E-state index in [1.165, 1.54) is 12.8 Å². The van der Waals surface area contributed by atoms with E-state index in [-0.39, 0.29) is 11.4 Å². The van der Waals surface area contributed by atoms with Crippen LogP contribution in [0, 0.1) is 0 Å². The molecule has 0 unspecified atom stereocenters. The molecule has 1 rings (SSSR count). The average molecular weight is 173 g/mol. The Morgan fingerprint density at radius 2 is 2.09 bits per heavy atom. The Bertz CT molecular complexity index is 152. The predicted molar refractivity (Wildman–Crippen MR) is 48.9 cm³/mol. The summed E-state index contributed by atoms with van der Waals surface area (Å²) in [5, 5.41) is 2.99. The van der Waals surface area contributed by atoms with E-state index in [1.807, 2.05) is 0 Å². The monoisotopic (exact) mass is 173 g/mol. The van der Waals surface area contributed by atoms with Crippen molar-refractivity contribution in [3.05, 3.63) is 0 Å². The van der Waals surface area contributed by atoms with Gasteiger partial charge < -0.3 is 5.32 Å². The molecule has 1 aliphatic carbocycles. The van der Waals surface area contributed by atoms with Crippen LogP contribution in [-0.4, -0.2) is 17.2 Å². The van der Waals surface area contributed by atoms with Crippen molar-refractivity contribution in [1.29, 1.82) is 0 Å². The van der Waals surface area contributed by atoms with Crippen LogP contribution >= 0.6 is 12.6 Å². The molecule has 64 valence electrons. The highest BCUT2D eigenvalue weighted by Gasteiger charge is 2.29. The van der Waals surface area contributed by atoms with Crippen LogP contribution < -0.4 is 5.32 Å². The zero-order valence-electron chi connectivity index (χ0n) is 6.89. The first-order valence-corrected chi connectivity index (χ1v) is 4.71. The van der Waals surface area contributed by atoms with E-state index in [4.69, 9.17) is 0 Å². The summed E-state index contributed by atoms with van der Waals surface area (Å²) in [7, 11) is 0. The van der Waals surface area contributed by atoms with Gasteiger partial charge in [-0.15, -0.1) is 0 Å². The molecule has 1 amide bonds. The number of amides is 1. The van der Waals surface area contributed by atoms with Gasteiger partial charge in [0.1, 0.15) is 0 Å². The average Bonchev–Trinajstić information content (AvgIpc) is 2.36. The third-order valence-corrected chi connectivity index (χ3v) is 2.58. The van der Waals surface area contributed by atoms with Gasteiger partial charge in [-0.05, 0) is 19.8 Å². The summed E-state index contributed by atoms with van der Waals surface area (Å²) in [4.78, 5) is 11.0. The predicted octanol–water partition coefficient (Wildman–Crippen LogP) is 1.37. The molecule has 0 aromatic carbocycles. The second-order valence-electron chi connectivity index (χ2n) is 3.47. The van der Waals surface area contributed by atoms with Crippen molar-refractivity contribution >= 4 is 18.5 Å². The summed E-state index contributed by atoms with van der Waals surface area (Å²) in [6, 6.07) is 0. The smallest absolute Gasteiger partial charge is 0.230 e. The molecule has 0 radical (unpaired) electrons. The molecular weight excluding hydrogens is 158 g/mol. The third-order valence-electron chi connectivity index (χ3n) is 2.29. The zero-order chi connectivity index (χ0) is 8.32. The van der Waals surface area contributed by atoms with Gasteiger partial charge in [0.05, 0.1) is 5.75 Å². The van der Waals surface area contributed by atoms with Crippen molar-refractivity contribution in [2.45, 2.75) is 38.1 Å². The van der Waals surface area contributed by atoms with E-state index < -0.39 is 0 Å². The highest BCUT2D eigenvalue weighted by atomic mass is 32.1. The van der Waals surface area contributed by atoms with E-state index in [1.54, 1.807) is 0 Å². The molecule has 0 heterocycles. The van der Waals surface area contributed by atoms with Crippen molar-refractivity contribution in [2.24, 2.45) is 0 Å². The number of carbonyl (C=O) groups excluding carboxylic acids is 1. The summed E-state index contributed by atoms with van der Waals surface area (Å²) in [6.45, 7) is 2.11. The number of hydrogen-bond donors (Lipinski definition) is 2. The minimum Gasteiger partial charge on any atom is -0.350 e. The molecule has 0 aliphatic heterocycles. The lowest BCUT2D eigenvalue weighted by Gasteiger charge is -2.24. The van der Waals surface area contributed by atoms with Gasteiger partial charge in [-0.3, -0.25) is 4.79 Å². The number of thiol groups is 1. The number of hydrogen-bond acceptors (Lipinski definition) is 2. The van der Waals surface area contributed by atoms with Crippen LogP contribution in [-0.2, 0) is 4.79 Å². The maximum absolute atomic E-state index is 11.0. The molecule has 1 fully saturated rings. The maximum atomic E-state index is 11.0. The largest absolute Gasteiger partial charge is 0.350 e. The molecule has 3 heteroatoms. The molecule has 0 bridgehead atoms. The van der Waals surface area contributed by atoms with Crippen molar-refractivity contribution in [1.82, 2.24) is 5.32 Å². The third kappa shape index (κ3) is 2.40. The quantitative estimate of drug-likeness (QED) is 0.607. The van der Waals surface area contributed by atoms with Crippen molar-refractivity contribution < 1.29 is 4.79 Å². The van der Waals surface area contributed by atoms with Gasteiger partial charge in [-0.25, -0.2) is 0 Å². The van der Waals surface area contributed by atoms with E-state index in [9.17, 15) is 4.79 Å².